The highest BCUT2D eigenvalue weighted by molar-refractivity contribution is 5.94. The molecule has 2 fully saturated rings. The topological polar surface area (TPSA) is 45.0 Å². The van der Waals surface area contributed by atoms with Crippen LogP contribution in [0.5, 0.6) is 0 Å². The van der Waals surface area contributed by atoms with Crippen molar-refractivity contribution in [1.29, 1.82) is 0 Å². The molecule has 0 radical (unpaired) electrons. The lowest BCUT2D eigenvalue weighted by molar-refractivity contribution is -0.150. The zero-order valence-corrected chi connectivity index (χ0v) is 17.4. The van der Waals surface area contributed by atoms with Gasteiger partial charge in [-0.25, -0.2) is 9.37 Å². The van der Waals surface area contributed by atoms with Crippen LogP contribution >= 0.6 is 0 Å². The van der Waals surface area contributed by atoms with Crippen LogP contribution in [-0.2, 0) is 12.4 Å². The number of hydrogen-bond donors (Lipinski definition) is 1. The number of anilines is 1. The Morgan fingerprint density at radius 1 is 0.939 bits per heavy atom. The third-order valence-electron chi connectivity index (χ3n) is 6.43. The van der Waals surface area contributed by atoms with Crippen molar-refractivity contribution in [3.63, 3.8) is 0 Å². The quantitative estimate of drug-likeness (QED) is 0.466. The van der Waals surface area contributed by atoms with Gasteiger partial charge in [-0.15, -0.1) is 0 Å². The first-order valence-electron chi connectivity index (χ1n) is 10.2. The van der Waals surface area contributed by atoms with Crippen molar-refractivity contribution in [3.8, 4) is 0 Å². The maximum Gasteiger partial charge on any atom is 0.433 e. The van der Waals surface area contributed by atoms with Gasteiger partial charge in [0.25, 0.3) is 5.91 Å². The fourth-order valence-corrected chi connectivity index (χ4v) is 4.35. The van der Waals surface area contributed by atoms with Crippen LogP contribution in [-0.4, -0.2) is 28.5 Å². The standard InChI is InChI=1S/C22H20F7N3O/c1-19(31-18(33)13-2-4-14(23)5-3-13)6-8-20(9-7-19)12-32(20)15-10-16(21(24,25)26)30-17(11-15)22(27,28)29/h2-5,10-11H,6-9,12H2,1H3,(H,31,33)/t19-,20-,32?. The molecule has 1 aromatic heterocycles. The summed E-state index contributed by atoms with van der Waals surface area (Å²) in [6, 6.07) is 6.37. The van der Waals surface area contributed by atoms with E-state index >= 15 is 0 Å². The van der Waals surface area contributed by atoms with E-state index in [2.05, 4.69) is 10.3 Å². The molecule has 1 aliphatic heterocycles. The normalized spacial score (nSPS) is 25.3. The van der Waals surface area contributed by atoms with Crippen LogP contribution in [0.15, 0.2) is 36.4 Å². The number of aromatic nitrogens is 1. The number of rotatable bonds is 3. The van der Waals surface area contributed by atoms with Gasteiger partial charge in [0.1, 0.15) is 17.2 Å². The monoisotopic (exact) mass is 475 g/mol. The van der Waals surface area contributed by atoms with Crippen molar-refractivity contribution < 1.29 is 35.5 Å². The zero-order chi connectivity index (χ0) is 24.2. The molecule has 2 aromatic rings. The number of benzene rings is 1. The molecule has 2 heterocycles. The molecular formula is C22H20F7N3O. The number of nitrogens with zero attached hydrogens (tertiary/aromatic N) is 2. The van der Waals surface area contributed by atoms with E-state index in [0.29, 0.717) is 49.9 Å². The van der Waals surface area contributed by atoms with Crippen molar-refractivity contribution in [2.75, 3.05) is 11.4 Å². The van der Waals surface area contributed by atoms with Crippen molar-refractivity contribution in [3.05, 3.63) is 59.2 Å². The summed E-state index contributed by atoms with van der Waals surface area (Å²) in [6.45, 7) is 2.16. The van der Waals surface area contributed by atoms with E-state index in [-0.39, 0.29) is 11.6 Å². The first-order chi connectivity index (χ1) is 15.2. The highest BCUT2D eigenvalue weighted by atomic mass is 19.4. The molecule has 178 valence electrons. The average Bonchev–Trinajstić information content (AvgIpc) is 3.43. The SMILES string of the molecule is C[C@]1(NC(=O)c2ccc(F)cc2)CC[C@]2(CC1)CN2c1cc(C(F)(F)F)nc(C(F)(F)F)c1. The highest BCUT2D eigenvalue weighted by Gasteiger charge is 2.56. The van der Waals surface area contributed by atoms with Crippen LogP contribution in [0.2, 0.25) is 0 Å². The maximum absolute atomic E-state index is 13.1. The summed E-state index contributed by atoms with van der Waals surface area (Å²) in [5.41, 5.74) is -4.18. The Morgan fingerprint density at radius 2 is 1.45 bits per heavy atom. The third kappa shape index (κ3) is 4.77. The summed E-state index contributed by atoms with van der Waals surface area (Å²) >= 11 is 0. The number of pyridine rings is 1. The molecule has 0 atom stereocenters. The number of hydrogen-bond acceptors (Lipinski definition) is 3. The van der Waals surface area contributed by atoms with Crippen LogP contribution in [0.3, 0.4) is 0 Å². The van der Waals surface area contributed by atoms with Gasteiger partial charge < -0.3 is 10.2 Å². The molecule has 1 saturated heterocycles. The van der Waals surface area contributed by atoms with Gasteiger partial charge in [0.2, 0.25) is 0 Å². The van der Waals surface area contributed by atoms with Crippen molar-refractivity contribution in [2.45, 2.75) is 56.0 Å². The number of carbonyl (C=O) groups excluding carboxylic acids is 1. The van der Waals surface area contributed by atoms with Gasteiger partial charge in [-0.1, -0.05) is 0 Å². The Bertz CT molecular complexity index is 1020. The average molecular weight is 475 g/mol. The van der Waals surface area contributed by atoms with E-state index in [0.717, 1.165) is 0 Å². The lowest BCUT2D eigenvalue weighted by atomic mass is 9.77. The molecule has 1 saturated carbocycles. The number of alkyl halides is 6. The van der Waals surface area contributed by atoms with Crippen LogP contribution in [0.1, 0.15) is 54.4 Å². The summed E-state index contributed by atoms with van der Waals surface area (Å²) < 4.78 is 91.8. The third-order valence-corrected chi connectivity index (χ3v) is 6.43. The Hall–Kier alpha value is -2.85. The summed E-state index contributed by atoms with van der Waals surface area (Å²) in [5.74, 6) is -0.843. The predicted molar refractivity (Wildman–Crippen MR) is 105 cm³/mol. The molecule has 4 rings (SSSR count). The number of carbonyl (C=O) groups is 1. The number of amides is 1. The second-order valence-corrected chi connectivity index (χ2v) is 8.92. The minimum absolute atomic E-state index is 0.163. The summed E-state index contributed by atoms with van der Waals surface area (Å²) in [4.78, 5) is 16.8. The molecular weight excluding hydrogens is 455 g/mol. The smallest absolute Gasteiger partial charge is 0.362 e. The van der Waals surface area contributed by atoms with Crippen LogP contribution < -0.4 is 10.2 Å². The largest absolute Gasteiger partial charge is 0.433 e. The highest BCUT2D eigenvalue weighted by Crippen LogP contribution is 2.51. The van der Waals surface area contributed by atoms with Gasteiger partial charge >= 0.3 is 12.4 Å². The molecule has 1 aromatic carbocycles. The molecule has 0 bridgehead atoms. The molecule has 4 nitrogen and oxygen atoms in total. The van der Waals surface area contributed by atoms with Crippen molar-refractivity contribution in [2.24, 2.45) is 0 Å². The number of nitrogens with one attached hydrogen (secondary N) is 1. The lowest BCUT2D eigenvalue weighted by Crippen LogP contribution is -2.50. The molecule has 1 aliphatic carbocycles. The van der Waals surface area contributed by atoms with E-state index in [4.69, 9.17) is 0 Å². The molecule has 11 heteroatoms. The molecule has 1 N–H and O–H groups in total. The molecule has 33 heavy (non-hydrogen) atoms. The van der Waals surface area contributed by atoms with Gasteiger partial charge in [-0.3, -0.25) is 4.79 Å². The Morgan fingerprint density at radius 3 is 1.94 bits per heavy atom. The number of halogens is 7. The summed E-state index contributed by atoms with van der Waals surface area (Å²) in [5, 5.41) is 2.92. The van der Waals surface area contributed by atoms with E-state index < -0.39 is 40.6 Å². The van der Waals surface area contributed by atoms with Crippen molar-refractivity contribution >= 4 is 11.6 Å². The first kappa shape index (κ1) is 23.3. The van der Waals surface area contributed by atoms with Gasteiger partial charge in [-0.2, -0.15) is 26.3 Å². The van der Waals surface area contributed by atoms with E-state index in [1.807, 2.05) is 6.92 Å². The van der Waals surface area contributed by atoms with Crippen LogP contribution in [0.4, 0.5) is 36.4 Å². The maximum atomic E-state index is 13.1. The van der Waals surface area contributed by atoms with E-state index in [9.17, 15) is 35.5 Å². The zero-order valence-electron chi connectivity index (χ0n) is 17.4. The molecule has 1 spiro atoms. The fraction of sp³-hybridized carbons (Fsp3) is 0.455. The van der Waals surface area contributed by atoms with Gasteiger partial charge in [-0.05, 0) is 69.0 Å². The van der Waals surface area contributed by atoms with Crippen LogP contribution in [0, 0.1) is 5.82 Å². The van der Waals surface area contributed by atoms with Crippen molar-refractivity contribution in [1.82, 2.24) is 10.3 Å². The molecule has 1 amide bonds. The fourth-order valence-electron chi connectivity index (χ4n) is 4.35. The minimum Gasteiger partial charge on any atom is -0.362 e. The van der Waals surface area contributed by atoms with Gasteiger partial charge in [0.05, 0.1) is 5.54 Å². The second kappa shape index (κ2) is 7.59. The summed E-state index contributed by atoms with van der Waals surface area (Å²) in [7, 11) is 0. The predicted octanol–water partition coefficient (Wildman–Crippen LogP) is 5.58. The minimum atomic E-state index is -5.01. The molecule has 2 aliphatic rings. The Kier molecular flexibility index (Phi) is 5.37. The Balaban J connectivity index is 1.47. The van der Waals surface area contributed by atoms with E-state index in [1.54, 1.807) is 4.90 Å². The van der Waals surface area contributed by atoms with Crippen LogP contribution in [0.25, 0.3) is 0 Å². The first-order valence-corrected chi connectivity index (χ1v) is 10.2. The lowest BCUT2D eigenvalue weighted by Gasteiger charge is -2.38. The molecule has 0 unspecified atom stereocenters. The van der Waals surface area contributed by atoms with E-state index in [1.165, 1.54) is 24.3 Å². The Labute approximate surface area is 184 Å². The van der Waals surface area contributed by atoms with Gasteiger partial charge in [0, 0.05) is 23.3 Å². The van der Waals surface area contributed by atoms with Gasteiger partial charge in [0.15, 0.2) is 0 Å². The summed E-state index contributed by atoms with van der Waals surface area (Å²) in [6.07, 6.45) is -8.07. The second-order valence-electron chi connectivity index (χ2n) is 8.92.